The monoisotopic (exact) mass is 179 g/mol. The van der Waals surface area contributed by atoms with Crippen LogP contribution in [0.5, 0.6) is 0 Å². The molecule has 2 heterocycles. The first kappa shape index (κ1) is 7.62. The molecule has 0 saturated carbocycles. The van der Waals surface area contributed by atoms with Gasteiger partial charge in [-0.3, -0.25) is 4.98 Å². The minimum atomic E-state index is 0.743. The van der Waals surface area contributed by atoms with Gasteiger partial charge in [0.15, 0.2) is 5.58 Å². The van der Waals surface area contributed by atoms with E-state index in [9.17, 15) is 0 Å². The second-order valence-corrected chi connectivity index (χ2v) is 3.19. The van der Waals surface area contributed by atoms with Crippen LogP contribution in [0.25, 0.3) is 21.9 Å². The summed E-state index contributed by atoms with van der Waals surface area (Å²) in [6, 6.07) is 7.58. The van der Waals surface area contributed by atoms with E-state index in [0.717, 1.165) is 27.4 Å². The first-order valence-corrected chi connectivity index (χ1v) is 4.37. The maximum absolute atomic E-state index is 5.89. The average Bonchev–Trinajstić information content (AvgIpc) is 2.57. The molecule has 2 nitrogen and oxygen atoms in total. The molecule has 0 amide bonds. The molecule has 0 aliphatic carbocycles. The minimum Gasteiger partial charge on any atom is -0.454 e. The second-order valence-electron chi connectivity index (χ2n) is 3.19. The van der Waals surface area contributed by atoms with Gasteiger partial charge in [0.2, 0.25) is 0 Å². The molecule has 3 rings (SSSR count). The molecule has 0 unspecified atom stereocenters. The lowest BCUT2D eigenvalue weighted by Crippen LogP contribution is -2.00. The van der Waals surface area contributed by atoms with Crippen LogP contribution in [-0.2, 0) is 0 Å². The minimum absolute atomic E-state index is 0.743. The van der Waals surface area contributed by atoms with Crippen molar-refractivity contribution in [2.24, 2.45) is 0 Å². The van der Waals surface area contributed by atoms with Gasteiger partial charge >= 0.3 is 0 Å². The Hall–Kier alpha value is -1.77. The molecule has 2 aromatic heterocycles. The molecule has 0 aliphatic heterocycles. The fourth-order valence-electron chi connectivity index (χ4n) is 1.71. The fourth-order valence-corrected chi connectivity index (χ4v) is 1.71. The summed E-state index contributed by atoms with van der Waals surface area (Å²) in [7, 11) is 5.89. The van der Waals surface area contributed by atoms with Crippen LogP contribution < -0.4 is 5.46 Å². The molecule has 0 aliphatic rings. The Morgan fingerprint density at radius 2 is 2.07 bits per heavy atom. The number of furan rings is 1. The third-order valence-corrected chi connectivity index (χ3v) is 2.33. The SMILES string of the molecule is [B]c1cccc2oc3cnccc3c12. The molecule has 64 valence electrons. The molecule has 14 heavy (non-hydrogen) atoms. The van der Waals surface area contributed by atoms with Crippen molar-refractivity contribution in [2.45, 2.75) is 0 Å². The van der Waals surface area contributed by atoms with Crippen LogP contribution in [0.15, 0.2) is 41.1 Å². The zero-order chi connectivity index (χ0) is 9.54. The quantitative estimate of drug-likeness (QED) is 0.491. The number of hydrogen-bond donors (Lipinski definition) is 0. The van der Waals surface area contributed by atoms with Gasteiger partial charge in [-0.15, -0.1) is 0 Å². The van der Waals surface area contributed by atoms with Crippen LogP contribution in [0.3, 0.4) is 0 Å². The van der Waals surface area contributed by atoms with Crippen molar-refractivity contribution in [3.8, 4) is 0 Å². The van der Waals surface area contributed by atoms with Crippen molar-refractivity contribution < 1.29 is 4.42 Å². The zero-order valence-electron chi connectivity index (χ0n) is 7.40. The van der Waals surface area contributed by atoms with E-state index in [0.29, 0.717) is 0 Å². The first-order chi connectivity index (χ1) is 6.86. The van der Waals surface area contributed by atoms with Crippen LogP contribution in [0.1, 0.15) is 0 Å². The lowest BCUT2D eigenvalue weighted by Gasteiger charge is -1.93. The second kappa shape index (κ2) is 2.61. The van der Waals surface area contributed by atoms with Gasteiger partial charge in [-0.1, -0.05) is 17.6 Å². The fraction of sp³-hybridized carbons (Fsp3) is 0. The lowest BCUT2D eigenvalue weighted by molar-refractivity contribution is 0.667. The molecule has 0 atom stereocenters. The highest BCUT2D eigenvalue weighted by Crippen LogP contribution is 2.25. The molecule has 3 aromatic rings. The Morgan fingerprint density at radius 3 is 3.00 bits per heavy atom. The van der Waals surface area contributed by atoms with E-state index in [1.807, 2.05) is 24.3 Å². The van der Waals surface area contributed by atoms with E-state index in [1.54, 1.807) is 12.4 Å². The molecule has 0 saturated heterocycles. The summed E-state index contributed by atoms with van der Waals surface area (Å²) >= 11 is 0. The Kier molecular flexibility index (Phi) is 1.42. The maximum atomic E-state index is 5.89. The number of fused-ring (bicyclic) bond motifs is 3. The maximum Gasteiger partial charge on any atom is 0.153 e. The van der Waals surface area contributed by atoms with E-state index in [-0.39, 0.29) is 0 Å². The van der Waals surface area contributed by atoms with Crippen molar-refractivity contribution in [2.75, 3.05) is 0 Å². The number of aromatic nitrogens is 1. The Bertz CT molecular complexity index is 615. The normalized spacial score (nSPS) is 11.1. The van der Waals surface area contributed by atoms with Gasteiger partial charge in [0.05, 0.1) is 6.20 Å². The molecule has 0 bridgehead atoms. The van der Waals surface area contributed by atoms with E-state index >= 15 is 0 Å². The van der Waals surface area contributed by atoms with Crippen molar-refractivity contribution >= 4 is 35.2 Å². The Balaban J connectivity index is 2.65. The summed E-state index contributed by atoms with van der Waals surface area (Å²) in [5, 5.41) is 2.00. The van der Waals surface area contributed by atoms with Crippen molar-refractivity contribution in [1.82, 2.24) is 4.98 Å². The highest BCUT2D eigenvalue weighted by atomic mass is 16.3. The summed E-state index contributed by atoms with van der Waals surface area (Å²) in [6.45, 7) is 0. The molecule has 0 N–H and O–H groups in total. The van der Waals surface area contributed by atoms with E-state index in [4.69, 9.17) is 12.3 Å². The topological polar surface area (TPSA) is 26.0 Å². The van der Waals surface area contributed by atoms with Crippen LogP contribution in [-0.4, -0.2) is 12.8 Å². The number of pyridine rings is 1. The van der Waals surface area contributed by atoms with Gasteiger partial charge in [0.25, 0.3) is 0 Å². The summed E-state index contributed by atoms with van der Waals surface area (Å²) < 4.78 is 5.59. The first-order valence-electron chi connectivity index (χ1n) is 4.37. The van der Waals surface area contributed by atoms with E-state index < -0.39 is 0 Å². The van der Waals surface area contributed by atoms with Crippen molar-refractivity contribution in [1.29, 1.82) is 0 Å². The van der Waals surface area contributed by atoms with Crippen LogP contribution >= 0.6 is 0 Å². The van der Waals surface area contributed by atoms with Gasteiger partial charge in [0, 0.05) is 17.0 Å². The molecular weight excluding hydrogens is 173 g/mol. The zero-order valence-corrected chi connectivity index (χ0v) is 7.40. The average molecular weight is 179 g/mol. The Labute approximate surface area is 82.0 Å². The molecule has 0 fully saturated rings. The summed E-state index contributed by atoms with van der Waals surface area (Å²) in [5.74, 6) is 0. The molecule has 2 radical (unpaired) electrons. The summed E-state index contributed by atoms with van der Waals surface area (Å²) in [4.78, 5) is 4.00. The van der Waals surface area contributed by atoms with Gasteiger partial charge in [0.1, 0.15) is 13.4 Å². The van der Waals surface area contributed by atoms with Gasteiger partial charge < -0.3 is 4.42 Å². The largest absolute Gasteiger partial charge is 0.454 e. The van der Waals surface area contributed by atoms with Crippen LogP contribution in [0.2, 0.25) is 0 Å². The van der Waals surface area contributed by atoms with Crippen LogP contribution in [0.4, 0.5) is 0 Å². The highest BCUT2D eigenvalue weighted by molar-refractivity contribution is 6.41. The molecular formula is C11H6BNO. The predicted octanol–water partition coefficient (Wildman–Crippen LogP) is 1.77. The lowest BCUT2D eigenvalue weighted by atomic mass is 9.91. The molecule has 1 aromatic carbocycles. The third-order valence-electron chi connectivity index (χ3n) is 2.33. The molecule has 0 spiro atoms. The highest BCUT2D eigenvalue weighted by Gasteiger charge is 2.06. The van der Waals surface area contributed by atoms with Gasteiger partial charge in [-0.05, 0) is 12.1 Å². The van der Waals surface area contributed by atoms with Crippen molar-refractivity contribution in [3.63, 3.8) is 0 Å². The number of benzene rings is 1. The van der Waals surface area contributed by atoms with Crippen molar-refractivity contribution in [3.05, 3.63) is 36.7 Å². The number of hydrogen-bond acceptors (Lipinski definition) is 2. The Morgan fingerprint density at radius 1 is 1.14 bits per heavy atom. The van der Waals surface area contributed by atoms with E-state index in [1.165, 1.54) is 0 Å². The summed E-state index contributed by atoms with van der Waals surface area (Å²) in [6.07, 6.45) is 3.44. The third kappa shape index (κ3) is 0.895. The summed E-state index contributed by atoms with van der Waals surface area (Å²) in [5.41, 5.74) is 2.33. The van der Waals surface area contributed by atoms with E-state index in [2.05, 4.69) is 4.98 Å². The predicted molar refractivity (Wildman–Crippen MR) is 56.9 cm³/mol. The smallest absolute Gasteiger partial charge is 0.153 e. The standard InChI is InChI=1S/C11H6BNO/c12-8-2-1-3-9-11(8)7-4-5-13-6-10(7)14-9/h1-6H. The van der Waals surface area contributed by atoms with Gasteiger partial charge in [-0.25, -0.2) is 0 Å². The number of rotatable bonds is 0. The van der Waals surface area contributed by atoms with Crippen LogP contribution in [0, 0.1) is 0 Å². The number of nitrogens with zero attached hydrogens (tertiary/aromatic N) is 1. The molecule has 3 heteroatoms. The van der Waals surface area contributed by atoms with Gasteiger partial charge in [-0.2, -0.15) is 0 Å².